The zero-order chi connectivity index (χ0) is 18.3. The summed E-state index contributed by atoms with van der Waals surface area (Å²) in [5.74, 6) is 1.06. The second kappa shape index (κ2) is 8.36. The minimum absolute atomic E-state index is 0.359. The van der Waals surface area contributed by atoms with Gasteiger partial charge in [0.2, 0.25) is 5.88 Å². The van der Waals surface area contributed by atoms with Gasteiger partial charge in [-0.3, -0.25) is 4.99 Å². The molecule has 134 valence electrons. The molecule has 1 heterocycles. The normalized spacial score (nSPS) is 12.0. The first-order chi connectivity index (χ1) is 11.9. The van der Waals surface area contributed by atoms with E-state index in [9.17, 15) is 13.2 Å². The van der Waals surface area contributed by atoms with Gasteiger partial charge in [-0.1, -0.05) is 12.1 Å². The predicted molar refractivity (Wildman–Crippen MR) is 89.3 cm³/mol. The maximum absolute atomic E-state index is 12.5. The Labute approximate surface area is 144 Å². The fourth-order valence-electron chi connectivity index (χ4n) is 2.08. The molecule has 0 unspecified atom stereocenters. The third kappa shape index (κ3) is 5.66. The van der Waals surface area contributed by atoms with Crippen molar-refractivity contribution >= 4 is 5.96 Å². The van der Waals surface area contributed by atoms with Crippen molar-refractivity contribution in [3.8, 4) is 5.88 Å². The molecule has 0 aliphatic carbocycles. The molecule has 2 rings (SSSR count). The topological polar surface area (TPSA) is 58.5 Å². The summed E-state index contributed by atoms with van der Waals surface area (Å²) >= 11 is 0. The van der Waals surface area contributed by atoms with Gasteiger partial charge >= 0.3 is 6.18 Å². The molecule has 0 radical (unpaired) electrons. The molecule has 0 aliphatic rings. The number of aromatic nitrogens is 1. The highest BCUT2D eigenvalue weighted by atomic mass is 19.4. The number of rotatable bonds is 5. The highest BCUT2D eigenvalue weighted by Crippen LogP contribution is 2.29. The van der Waals surface area contributed by atoms with E-state index in [0.717, 1.165) is 23.3 Å². The van der Waals surface area contributed by atoms with E-state index in [1.165, 1.54) is 12.1 Å². The van der Waals surface area contributed by atoms with Crippen LogP contribution in [0, 0.1) is 0 Å². The molecule has 1 aromatic heterocycles. The van der Waals surface area contributed by atoms with Crippen LogP contribution in [0.3, 0.4) is 0 Å². The largest absolute Gasteiger partial charge is 0.481 e. The number of methoxy groups -OCH3 is 1. The van der Waals surface area contributed by atoms with E-state index in [1.54, 1.807) is 26.4 Å². The summed E-state index contributed by atoms with van der Waals surface area (Å²) in [6.45, 7) is 0.864. The van der Waals surface area contributed by atoms with Crippen LogP contribution < -0.4 is 15.4 Å². The summed E-state index contributed by atoms with van der Waals surface area (Å²) in [5.41, 5.74) is 1.02. The molecule has 2 aromatic rings. The number of nitrogens with one attached hydrogen (secondary N) is 2. The Hall–Kier alpha value is -2.77. The number of hydrogen-bond donors (Lipinski definition) is 2. The van der Waals surface area contributed by atoms with Crippen LogP contribution >= 0.6 is 0 Å². The molecule has 0 saturated carbocycles. The molecule has 0 aliphatic heterocycles. The highest BCUT2D eigenvalue weighted by molar-refractivity contribution is 5.79. The second-order valence-electron chi connectivity index (χ2n) is 5.18. The number of ether oxygens (including phenoxy) is 1. The van der Waals surface area contributed by atoms with E-state index in [4.69, 9.17) is 4.74 Å². The standard InChI is InChI=1S/C17H19F3N4O/c1-21-16(24-11-13-7-8-22-15(9-13)25-2)23-10-12-3-5-14(6-4-12)17(18,19)20/h3-9H,10-11H2,1-2H3,(H2,21,23,24). The van der Waals surface area contributed by atoms with E-state index in [2.05, 4.69) is 20.6 Å². The third-order valence-corrected chi connectivity index (χ3v) is 3.43. The second-order valence-corrected chi connectivity index (χ2v) is 5.18. The Morgan fingerprint density at radius 3 is 2.28 bits per heavy atom. The van der Waals surface area contributed by atoms with Crippen LogP contribution in [0.25, 0.3) is 0 Å². The maximum atomic E-state index is 12.5. The zero-order valence-electron chi connectivity index (χ0n) is 13.9. The first kappa shape index (κ1) is 18.6. The minimum atomic E-state index is -4.32. The van der Waals surface area contributed by atoms with Gasteiger partial charge in [-0.2, -0.15) is 13.2 Å². The maximum Gasteiger partial charge on any atom is 0.416 e. The number of pyridine rings is 1. The van der Waals surface area contributed by atoms with Gasteiger partial charge in [0.25, 0.3) is 0 Å². The molecule has 5 nitrogen and oxygen atoms in total. The Morgan fingerprint density at radius 2 is 1.72 bits per heavy atom. The minimum Gasteiger partial charge on any atom is -0.481 e. The molecule has 8 heteroatoms. The molecular weight excluding hydrogens is 333 g/mol. The van der Waals surface area contributed by atoms with Crippen LogP contribution in [-0.4, -0.2) is 25.1 Å². The Balaban J connectivity index is 1.87. The Kier molecular flexibility index (Phi) is 6.21. The van der Waals surface area contributed by atoms with Gasteiger partial charge in [-0.15, -0.1) is 0 Å². The molecule has 0 saturated heterocycles. The van der Waals surface area contributed by atoms with Crippen LogP contribution in [-0.2, 0) is 19.3 Å². The van der Waals surface area contributed by atoms with Crippen molar-refractivity contribution in [1.82, 2.24) is 15.6 Å². The van der Waals surface area contributed by atoms with E-state index >= 15 is 0 Å². The molecule has 0 fully saturated rings. The van der Waals surface area contributed by atoms with Gasteiger partial charge in [0, 0.05) is 32.4 Å². The molecular formula is C17H19F3N4O. The quantitative estimate of drug-likeness (QED) is 0.642. The monoisotopic (exact) mass is 352 g/mol. The van der Waals surface area contributed by atoms with Crippen molar-refractivity contribution in [2.45, 2.75) is 19.3 Å². The summed E-state index contributed by atoms with van der Waals surface area (Å²) < 4.78 is 42.7. The van der Waals surface area contributed by atoms with Crippen LogP contribution in [0.1, 0.15) is 16.7 Å². The number of aliphatic imine (C=N–C) groups is 1. The highest BCUT2D eigenvalue weighted by Gasteiger charge is 2.29. The van der Waals surface area contributed by atoms with Gasteiger partial charge in [-0.25, -0.2) is 4.98 Å². The first-order valence-corrected chi connectivity index (χ1v) is 7.52. The lowest BCUT2D eigenvalue weighted by atomic mass is 10.1. The Morgan fingerprint density at radius 1 is 1.08 bits per heavy atom. The van der Waals surface area contributed by atoms with Crippen LogP contribution in [0.2, 0.25) is 0 Å². The molecule has 2 N–H and O–H groups in total. The molecule has 0 bridgehead atoms. The first-order valence-electron chi connectivity index (χ1n) is 7.52. The predicted octanol–water partition coefficient (Wildman–Crippen LogP) is 2.97. The molecule has 25 heavy (non-hydrogen) atoms. The van der Waals surface area contributed by atoms with Crippen molar-refractivity contribution in [2.75, 3.05) is 14.2 Å². The van der Waals surface area contributed by atoms with Crippen molar-refractivity contribution in [1.29, 1.82) is 0 Å². The molecule has 0 spiro atoms. The summed E-state index contributed by atoms with van der Waals surface area (Å²) in [7, 11) is 3.17. The van der Waals surface area contributed by atoms with Crippen molar-refractivity contribution in [3.05, 3.63) is 59.3 Å². The Bertz CT molecular complexity index is 715. The van der Waals surface area contributed by atoms with Gasteiger partial charge in [0.1, 0.15) is 0 Å². The van der Waals surface area contributed by atoms with Gasteiger partial charge in [0.15, 0.2) is 5.96 Å². The van der Waals surface area contributed by atoms with E-state index in [-0.39, 0.29) is 0 Å². The number of halogens is 3. The van der Waals surface area contributed by atoms with Gasteiger partial charge in [-0.05, 0) is 29.3 Å². The lowest BCUT2D eigenvalue weighted by molar-refractivity contribution is -0.137. The number of guanidine groups is 1. The van der Waals surface area contributed by atoms with Gasteiger partial charge < -0.3 is 15.4 Å². The van der Waals surface area contributed by atoms with Crippen molar-refractivity contribution in [2.24, 2.45) is 4.99 Å². The molecule has 1 aromatic carbocycles. The van der Waals surface area contributed by atoms with Crippen LogP contribution in [0.15, 0.2) is 47.6 Å². The molecule has 0 atom stereocenters. The SMILES string of the molecule is CN=C(NCc1ccc(C(F)(F)F)cc1)NCc1ccnc(OC)c1. The van der Waals surface area contributed by atoms with Crippen molar-refractivity contribution in [3.63, 3.8) is 0 Å². The van der Waals surface area contributed by atoms with E-state index in [1.807, 2.05) is 6.07 Å². The van der Waals surface area contributed by atoms with Crippen LogP contribution in [0.5, 0.6) is 5.88 Å². The van der Waals surface area contributed by atoms with Gasteiger partial charge in [0.05, 0.1) is 12.7 Å². The summed E-state index contributed by atoms with van der Waals surface area (Å²) in [6, 6.07) is 8.66. The smallest absolute Gasteiger partial charge is 0.416 e. The fraction of sp³-hybridized carbons (Fsp3) is 0.294. The average Bonchev–Trinajstić information content (AvgIpc) is 2.61. The number of nitrogens with zero attached hydrogens (tertiary/aromatic N) is 2. The number of benzene rings is 1. The summed E-state index contributed by atoms with van der Waals surface area (Å²) in [5, 5.41) is 6.17. The summed E-state index contributed by atoms with van der Waals surface area (Å²) in [4.78, 5) is 8.11. The van der Waals surface area contributed by atoms with E-state index in [0.29, 0.717) is 24.9 Å². The van der Waals surface area contributed by atoms with E-state index < -0.39 is 11.7 Å². The summed E-state index contributed by atoms with van der Waals surface area (Å²) in [6.07, 6.45) is -2.68. The lowest BCUT2D eigenvalue weighted by Crippen LogP contribution is -2.36. The zero-order valence-corrected chi connectivity index (χ0v) is 13.9. The third-order valence-electron chi connectivity index (χ3n) is 3.43. The average molecular weight is 352 g/mol. The molecule has 0 amide bonds. The number of hydrogen-bond acceptors (Lipinski definition) is 3. The van der Waals surface area contributed by atoms with Crippen LogP contribution in [0.4, 0.5) is 13.2 Å². The van der Waals surface area contributed by atoms with Crippen molar-refractivity contribution < 1.29 is 17.9 Å². The fourth-order valence-corrected chi connectivity index (χ4v) is 2.08. The lowest BCUT2D eigenvalue weighted by Gasteiger charge is -2.13. The number of alkyl halides is 3.